The second-order valence-corrected chi connectivity index (χ2v) is 8.96. The highest BCUT2D eigenvalue weighted by molar-refractivity contribution is 6.45. The number of aryl methyl sites for hydroxylation is 2. The minimum atomic E-state index is -1.07. The maximum atomic E-state index is 13.2. The molecule has 0 aliphatic carbocycles. The van der Waals surface area contributed by atoms with Gasteiger partial charge in [0.25, 0.3) is 5.56 Å². The zero-order chi connectivity index (χ0) is 25.9. The Morgan fingerprint density at radius 2 is 0.806 bits per heavy atom. The van der Waals surface area contributed by atoms with Gasteiger partial charge in [0, 0.05) is 57.2 Å². The normalized spacial score (nSPS) is 12.7. The quantitative estimate of drug-likeness (QED) is 0.0881. The van der Waals surface area contributed by atoms with Gasteiger partial charge in [-0.05, 0) is 0 Å². The van der Waals surface area contributed by atoms with Crippen molar-refractivity contribution in [3.63, 3.8) is 0 Å². The summed E-state index contributed by atoms with van der Waals surface area (Å²) in [6.07, 6.45) is 0. The van der Waals surface area contributed by atoms with Crippen molar-refractivity contribution >= 4 is 64.9 Å². The molecular formula is C24H14N2O10. The number of phenolic OH excluding ortho intramolecular Hbond substituents is 7. The summed E-state index contributed by atoms with van der Waals surface area (Å²) in [5.41, 5.74) is -2.28. The van der Waals surface area contributed by atoms with Crippen molar-refractivity contribution in [3.8, 4) is 46.1 Å². The van der Waals surface area contributed by atoms with Gasteiger partial charge in [-0.3, -0.25) is 9.59 Å². The summed E-state index contributed by atoms with van der Waals surface area (Å²) in [6, 6.07) is 0. The van der Waals surface area contributed by atoms with E-state index in [1.807, 2.05) is 0 Å². The summed E-state index contributed by atoms with van der Waals surface area (Å²) in [6.45, 7) is 0. The SMILES string of the molecule is Cn1c(O)c2c(=O)c(O)c3c4c(O)c(O)c5c6c(c(O)c(O)c(c7c(O)c(O)c1c2c73)c46)c(=O)n5C. The summed E-state index contributed by atoms with van der Waals surface area (Å²) in [4.78, 5) is 26.1. The first-order valence-corrected chi connectivity index (χ1v) is 10.5. The van der Waals surface area contributed by atoms with Crippen LogP contribution < -0.4 is 11.0 Å². The van der Waals surface area contributed by atoms with E-state index >= 15 is 0 Å². The monoisotopic (exact) mass is 490 g/mol. The third kappa shape index (κ3) is 1.68. The molecular weight excluding hydrogens is 476 g/mol. The highest BCUT2D eigenvalue weighted by Gasteiger charge is 2.35. The van der Waals surface area contributed by atoms with Crippen molar-refractivity contribution in [2.24, 2.45) is 14.1 Å². The van der Waals surface area contributed by atoms with Gasteiger partial charge in [-0.25, -0.2) is 0 Å². The first-order chi connectivity index (χ1) is 16.9. The fourth-order valence-electron chi connectivity index (χ4n) is 5.94. The maximum Gasteiger partial charge on any atom is 0.262 e. The molecule has 0 unspecified atom stereocenters. The van der Waals surface area contributed by atoms with Gasteiger partial charge >= 0.3 is 0 Å². The Hall–Kier alpha value is -5.26. The van der Waals surface area contributed by atoms with E-state index in [9.17, 15) is 50.4 Å². The van der Waals surface area contributed by atoms with E-state index in [2.05, 4.69) is 0 Å². The summed E-state index contributed by atoms with van der Waals surface area (Å²) >= 11 is 0. The van der Waals surface area contributed by atoms with Gasteiger partial charge in [-0.15, -0.1) is 0 Å². The standard InChI is InChI=1S/C24H14N2O10/c1-25-13-5-3-7(15(27)19(31)11(5)23(25)35)10-4-6-12(24(36)26(2)14(6)22(34)18(10)30)20(32)16(28)8(4)9(3)17(29)21(13)33/h27-31,33-34,36H,1-2H3. The van der Waals surface area contributed by atoms with Crippen LogP contribution in [-0.2, 0) is 14.1 Å². The predicted octanol–water partition coefficient (Wildman–Crippen LogP) is 1.96. The first-order valence-electron chi connectivity index (χ1n) is 10.5. The van der Waals surface area contributed by atoms with Gasteiger partial charge in [0.15, 0.2) is 40.2 Å². The van der Waals surface area contributed by atoms with Crippen LogP contribution in [0.4, 0.5) is 0 Å². The van der Waals surface area contributed by atoms with E-state index in [4.69, 9.17) is 0 Å². The number of nitrogens with zero attached hydrogens (tertiary/aromatic N) is 2. The topological polar surface area (TPSA) is 206 Å². The Bertz CT molecular complexity index is 2290. The summed E-state index contributed by atoms with van der Waals surface area (Å²) in [5.74, 6) is -6.59. The van der Waals surface area contributed by atoms with E-state index in [1.165, 1.54) is 14.1 Å². The number of benzene rings is 5. The molecule has 12 nitrogen and oxygen atoms in total. The van der Waals surface area contributed by atoms with Gasteiger partial charge in [-0.2, -0.15) is 0 Å². The van der Waals surface area contributed by atoms with Crippen molar-refractivity contribution in [1.29, 1.82) is 0 Å². The number of aromatic hydroxyl groups is 8. The molecule has 7 aromatic rings. The molecule has 0 amide bonds. The minimum Gasteiger partial charge on any atom is -0.504 e. The Kier molecular flexibility index (Phi) is 3.09. The van der Waals surface area contributed by atoms with Crippen LogP contribution in [0.15, 0.2) is 9.59 Å². The smallest absolute Gasteiger partial charge is 0.262 e. The molecule has 0 spiro atoms. The summed E-state index contributed by atoms with van der Waals surface area (Å²) < 4.78 is 1.96. The Morgan fingerprint density at radius 3 is 1.33 bits per heavy atom. The molecule has 5 aromatic carbocycles. The molecule has 0 aliphatic rings. The van der Waals surface area contributed by atoms with Crippen molar-refractivity contribution < 1.29 is 40.9 Å². The van der Waals surface area contributed by atoms with Crippen molar-refractivity contribution in [3.05, 3.63) is 20.6 Å². The molecule has 180 valence electrons. The lowest BCUT2D eigenvalue weighted by molar-refractivity contribution is 0.406. The molecule has 2 aromatic heterocycles. The van der Waals surface area contributed by atoms with Gasteiger partial charge < -0.3 is 50.0 Å². The first kappa shape index (κ1) is 20.1. The molecule has 12 heteroatoms. The molecule has 0 radical (unpaired) electrons. The van der Waals surface area contributed by atoms with E-state index < -0.39 is 67.9 Å². The van der Waals surface area contributed by atoms with E-state index in [0.29, 0.717) is 0 Å². The van der Waals surface area contributed by atoms with Gasteiger partial charge in [-0.1, -0.05) is 0 Å². The lowest BCUT2D eigenvalue weighted by Crippen LogP contribution is -2.09. The molecule has 0 atom stereocenters. The molecule has 7 rings (SSSR count). The predicted molar refractivity (Wildman–Crippen MR) is 129 cm³/mol. The second-order valence-electron chi connectivity index (χ2n) is 8.96. The third-order valence-corrected chi connectivity index (χ3v) is 7.45. The van der Waals surface area contributed by atoms with Gasteiger partial charge in [0.05, 0.1) is 21.8 Å². The van der Waals surface area contributed by atoms with Crippen LogP contribution >= 0.6 is 0 Å². The number of hydrogen-bond donors (Lipinski definition) is 8. The van der Waals surface area contributed by atoms with E-state index in [0.717, 1.165) is 9.13 Å². The highest BCUT2D eigenvalue weighted by atomic mass is 16.3. The lowest BCUT2D eigenvalue weighted by Gasteiger charge is -2.19. The number of aromatic nitrogens is 2. The molecule has 8 N–H and O–H groups in total. The van der Waals surface area contributed by atoms with Crippen LogP contribution in [0.1, 0.15) is 0 Å². The molecule has 2 heterocycles. The Balaban J connectivity index is 2.09. The van der Waals surface area contributed by atoms with Gasteiger partial charge in [0.1, 0.15) is 0 Å². The van der Waals surface area contributed by atoms with Gasteiger partial charge in [0.2, 0.25) is 11.3 Å². The average Bonchev–Trinajstić information content (AvgIpc) is 3.26. The third-order valence-electron chi connectivity index (χ3n) is 7.45. The average molecular weight is 490 g/mol. The zero-order valence-electron chi connectivity index (χ0n) is 18.3. The molecule has 0 saturated carbocycles. The van der Waals surface area contributed by atoms with Crippen molar-refractivity contribution in [2.75, 3.05) is 0 Å². The summed E-state index contributed by atoms with van der Waals surface area (Å²) in [7, 11) is 2.56. The largest absolute Gasteiger partial charge is 0.504 e. The van der Waals surface area contributed by atoms with E-state index in [1.54, 1.807) is 0 Å². The molecule has 0 bridgehead atoms. The summed E-state index contributed by atoms with van der Waals surface area (Å²) in [5, 5.41) is 84.9. The molecule has 36 heavy (non-hydrogen) atoms. The number of hydrogen-bond acceptors (Lipinski definition) is 10. The molecule has 0 saturated heterocycles. The lowest BCUT2D eigenvalue weighted by atomic mass is 9.85. The van der Waals surface area contributed by atoms with E-state index in [-0.39, 0.29) is 54.1 Å². The number of rotatable bonds is 0. The number of fused-ring (bicyclic) bond motifs is 2. The van der Waals surface area contributed by atoms with Crippen LogP contribution in [0.3, 0.4) is 0 Å². The Labute approximate surface area is 196 Å². The molecule has 0 aliphatic heterocycles. The molecule has 0 fully saturated rings. The van der Waals surface area contributed by atoms with Crippen LogP contribution in [0, 0.1) is 0 Å². The maximum absolute atomic E-state index is 13.2. The second kappa shape index (κ2) is 5.51. The van der Waals surface area contributed by atoms with Crippen LogP contribution in [0.2, 0.25) is 0 Å². The fourth-order valence-corrected chi connectivity index (χ4v) is 5.94. The van der Waals surface area contributed by atoms with Crippen LogP contribution in [-0.4, -0.2) is 50.0 Å². The highest BCUT2D eigenvalue weighted by Crippen LogP contribution is 2.60. The Morgan fingerprint density at radius 1 is 0.417 bits per heavy atom. The van der Waals surface area contributed by atoms with Crippen LogP contribution in [0.25, 0.3) is 64.9 Å². The van der Waals surface area contributed by atoms with Crippen molar-refractivity contribution in [2.45, 2.75) is 0 Å². The van der Waals surface area contributed by atoms with Crippen LogP contribution in [0.5, 0.6) is 46.1 Å². The fraction of sp³-hybridized carbons (Fsp3) is 0.0833. The number of phenols is 7. The minimum absolute atomic E-state index is 0.106. The zero-order valence-corrected chi connectivity index (χ0v) is 18.3. The van der Waals surface area contributed by atoms with Crippen molar-refractivity contribution in [1.82, 2.24) is 9.13 Å².